The fraction of sp³-hybridized carbons (Fsp3) is 0.357. The van der Waals surface area contributed by atoms with Gasteiger partial charge in [-0.15, -0.1) is 0 Å². The second-order valence-corrected chi connectivity index (χ2v) is 8.73. The average molecular weight is 525 g/mol. The van der Waals surface area contributed by atoms with Crippen LogP contribution in [0.3, 0.4) is 0 Å². The third-order valence-electron chi connectivity index (χ3n) is 5.59. The summed E-state index contributed by atoms with van der Waals surface area (Å²) in [6.45, 7) is 4.18. The lowest BCUT2D eigenvalue weighted by Gasteiger charge is -2.23. The first kappa shape index (κ1) is 30.0. The van der Waals surface area contributed by atoms with E-state index in [9.17, 15) is 19.2 Å². The van der Waals surface area contributed by atoms with Gasteiger partial charge in [0.15, 0.2) is 0 Å². The van der Waals surface area contributed by atoms with Crippen LogP contribution in [-0.4, -0.2) is 66.7 Å². The lowest BCUT2D eigenvalue weighted by molar-refractivity contribution is -0.138. The predicted octanol–water partition coefficient (Wildman–Crippen LogP) is 3.58. The van der Waals surface area contributed by atoms with Crippen molar-refractivity contribution in [3.8, 4) is 0 Å². The van der Waals surface area contributed by atoms with Gasteiger partial charge in [0, 0.05) is 31.6 Å². The number of ether oxygens (including phenoxy) is 1. The maximum absolute atomic E-state index is 13.0. The van der Waals surface area contributed by atoms with E-state index in [0.29, 0.717) is 30.9 Å². The molecule has 0 fully saturated rings. The van der Waals surface area contributed by atoms with Crippen LogP contribution in [0.1, 0.15) is 30.9 Å². The number of para-hydroxylation sites is 1. The molecule has 204 valence electrons. The third-order valence-corrected chi connectivity index (χ3v) is 5.59. The normalized spacial score (nSPS) is 11.6. The Kier molecular flexibility index (Phi) is 12.5. The fourth-order valence-corrected chi connectivity index (χ4v) is 3.70. The van der Waals surface area contributed by atoms with Crippen molar-refractivity contribution in [1.82, 2.24) is 10.2 Å². The quantitative estimate of drug-likeness (QED) is 0.220. The first-order valence-electron chi connectivity index (χ1n) is 12.3. The number of amides is 4. The van der Waals surface area contributed by atoms with E-state index in [0.717, 1.165) is 11.1 Å². The van der Waals surface area contributed by atoms with Gasteiger partial charge in [-0.25, -0.2) is 4.79 Å². The van der Waals surface area contributed by atoms with Gasteiger partial charge in [0.25, 0.3) is 0 Å². The molecule has 0 saturated heterocycles. The van der Waals surface area contributed by atoms with Gasteiger partial charge < -0.3 is 30.7 Å². The first-order chi connectivity index (χ1) is 18.2. The Morgan fingerprint density at radius 1 is 1.05 bits per heavy atom. The number of carbonyl (C=O) groups is 4. The zero-order valence-corrected chi connectivity index (χ0v) is 22.0. The summed E-state index contributed by atoms with van der Waals surface area (Å²) in [6.07, 6.45) is 3.61. The third kappa shape index (κ3) is 10.8. The number of carboxylic acid groups (broad SMARTS) is 1. The van der Waals surface area contributed by atoms with Crippen molar-refractivity contribution in [1.29, 1.82) is 0 Å². The molecule has 10 nitrogen and oxygen atoms in total. The maximum Gasteiger partial charge on any atom is 0.323 e. The van der Waals surface area contributed by atoms with Crippen LogP contribution in [0, 0.1) is 6.92 Å². The number of carbonyl (C=O) groups excluding carboxylic acids is 3. The minimum Gasteiger partial charge on any atom is -0.481 e. The lowest BCUT2D eigenvalue weighted by atomic mass is 10.1. The van der Waals surface area contributed by atoms with Crippen LogP contribution in [0.15, 0.2) is 60.7 Å². The molecule has 1 atom stereocenters. The maximum atomic E-state index is 13.0. The predicted molar refractivity (Wildman–Crippen MR) is 146 cm³/mol. The molecule has 2 rings (SSSR count). The number of nitrogens with zero attached hydrogens (tertiary/aromatic N) is 1. The molecule has 0 aromatic heterocycles. The number of anilines is 2. The second-order valence-electron chi connectivity index (χ2n) is 8.73. The molecule has 4 N–H and O–H groups in total. The monoisotopic (exact) mass is 524 g/mol. The molecule has 0 radical (unpaired) electrons. The molecule has 0 aliphatic carbocycles. The first-order valence-corrected chi connectivity index (χ1v) is 12.3. The highest BCUT2D eigenvalue weighted by Gasteiger charge is 2.20. The number of benzene rings is 2. The van der Waals surface area contributed by atoms with Crippen molar-refractivity contribution in [3.63, 3.8) is 0 Å². The fourth-order valence-electron chi connectivity index (χ4n) is 3.70. The largest absolute Gasteiger partial charge is 0.481 e. The summed E-state index contributed by atoms with van der Waals surface area (Å²) in [4.78, 5) is 50.5. The van der Waals surface area contributed by atoms with Gasteiger partial charge in [0.2, 0.25) is 11.8 Å². The summed E-state index contributed by atoms with van der Waals surface area (Å²) >= 11 is 0. The Balaban J connectivity index is 1.98. The standard InChI is InChI=1S/C28H36N4O6/c1-4-8-23(18-27(35)36)29-25(33)19-32(15-7-16-38-3)26(34)17-21-11-13-22(14-12-21)30-28(37)31-24-10-6-5-9-20(24)2/h4-6,8-14,23H,7,15-19H2,1-3H3,(H,29,33)(H,35,36)(H2,30,31,37)/b8-4+/t23-/m1/s1. The van der Waals surface area contributed by atoms with E-state index in [4.69, 9.17) is 9.84 Å². The molecule has 0 heterocycles. The number of aryl methyl sites for hydroxylation is 1. The lowest BCUT2D eigenvalue weighted by Crippen LogP contribution is -2.45. The Labute approximate surface area is 223 Å². The Morgan fingerprint density at radius 2 is 1.76 bits per heavy atom. The summed E-state index contributed by atoms with van der Waals surface area (Å²) in [7, 11) is 1.56. The molecule has 0 aliphatic heterocycles. The summed E-state index contributed by atoms with van der Waals surface area (Å²) in [5.74, 6) is -1.73. The van der Waals surface area contributed by atoms with E-state index < -0.39 is 17.9 Å². The number of allylic oxidation sites excluding steroid dienone is 1. The molecular formula is C28H36N4O6. The Hall–Kier alpha value is -4.18. The number of urea groups is 1. The highest BCUT2D eigenvalue weighted by molar-refractivity contribution is 6.00. The summed E-state index contributed by atoms with van der Waals surface area (Å²) in [5, 5.41) is 17.3. The highest BCUT2D eigenvalue weighted by atomic mass is 16.5. The smallest absolute Gasteiger partial charge is 0.323 e. The Morgan fingerprint density at radius 3 is 2.39 bits per heavy atom. The Bertz CT molecular complexity index is 1120. The van der Waals surface area contributed by atoms with Crippen molar-refractivity contribution < 1.29 is 29.0 Å². The topological polar surface area (TPSA) is 137 Å². The number of hydrogen-bond donors (Lipinski definition) is 4. The number of carboxylic acids is 1. The van der Waals surface area contributed by atoms with E-state index in [1.807, 2.05) is 31.2 Å². The van der Waals surface area contributed by atoms with Gasteiger partial charge in [0.05, 0.1) is 25.4 Å². The second kappa shape index (κ2) is 15.8. The average Bonchev–Trinajstić information content (AvgIpc) is 2.86. The van der Waals surface area contributed by atoms with E-state index >= 15 is 0 Å². The van der Waals surface area contributed by atoms with Crippen LogP contribution in [0.5, 0.6) is 0 Å². The van der Waals surface area contributed by atoms with Crippen LogP contribution in [0.25, 0.3) is 0 Å². The molecular weight excluding hydrogens is 488 g/mol. The van der Waals surface area contributed by atoms with Gasteiger partial charge >= 0.3 is 12.0 Å². The minimum atomic E-state index is -1.04. The van der Waals surface area contributed by atoms with Crippen molar-refractivity contribution in [2.75, 3.05) is 37.4 Å². The van der Waals surface area contributed by atoms with Gasteiger partial charge in [-0.1, -0.05) is 42.5 Å². The van der Waals surface area contributed by atoms with Gasteiger partial charge in [-0.05, 0) is 49.6 Å². The molecule has 2 aromatic rings. The van der Waals surface area contributed by atoms with Crippen molar-refractivity contribution in [2.24, 2.45) is 0 Å². The van der Waals surface area contributed by atoms with Crippen LogP contribution < -0.4 is 16.0 Å². The molecule has 0 aliphatic rings. The molecule has 0 spiro atoms. The van der Waals surface area contributed by atoms with Gasteiger partial charge in [-0.3, -0.25) is 14.4 Å². The van der Waals surface area contributed by atoms with Crippen molar-refractivity contribution >= 4 is 35.2 Å². The summed E-state index contributed by atoms with van der Waals surface area (Å²) in [6, 6.07) is 13.3. The number of aliphatic carboxylic acids is 1. The number of hydrogen-bond acceptors (Lipinski definition) is 5. The van der Waals surface area contributed by atoms with Gasteiger partial charge in [0.1, 0.15) is 0 Å². The highest BCUT2D eigenvalue weighted by Crippen LogP contribution is 2.15. The molecule has 2 aromatic carbocycles. The van der Waals surface area contributed by atoms with Crippen molar-refractivity contribution in [3.05, 3.63) is 71.8 Å². The molecule has 4 amide bonds. The van der Waals surface area contributed by atoms with Crippen molar-refractivity contribution in [2.45, 2.75) is 39.2 Å². The molecule has 10 heteroatoms. The van der Waals surface area contributed by atoms with Crippen LogP contribution in [0.2, 0.25) is 0 Å². The number of nitrogens with one attached hydrogen (secondary N) is 3. The van der Waals surface area contributed by atoms with E-state index in [-0.39, 0.29) is 31.3 Å². The molecule has 0 bridgehead atoms. The molecule has 38 heavy (non-hydrogen) atoms. The summed E-state index contributed by atoms with van der Waals surface area (Å²) < 4.78 is 5.07. The van der Waals surface area contributed by atoms with E-state index in [1.165, 1.54) is 4.90 Å². The van der Waals surface area contributed by atoms with Crippen LogP contribution >= 0.6 is 0 Å². The molecule has 0 saturated carbocycles. The van der Waals surface area contributed by atoms with E-state index in [2.05, 4.69) is 16.0 Å². The summed E-state index contributed by atoms with van der Waals surface area (Å²) in [5.41, 5.74) is 2.94. The molecule has 0 unspecified atom stereocenters. The van der Waals surface area contributed by atoms with E-state index in [1.54, 1.807) is 50.5 Å². The van der Waals surface area contributed by atoms with Crippen LogP contribution in [-0.2, 0) is 25.5 Å². The van der Waals surface area contributed by atoms with Crippen LogP contribution in [0.4, 0.5) is 16.2 Å². The SMILES string of the molecule is C/C=C/[C@H](CC(=O)O)NC(=O)CN(CCCOC)C(=O)Cc1ccc(NC(=O)Nc2ccccc2C)cc1. The zero-order valence-electron chi connectivity index (χ0n) is 22.0. The number of methoxy groups -OCH3 is 1. The minimum absolute atomic E-state index is 0.0589. The van der Waals surface area contributed by atoms with Gasteiger partial charge in [-0.2, -0.15) is 0 Å². The zero-order chi connectivity index (χ0) is 27.9. The number of rotatable bonds is 14.